The molecule has 0 fully saturated rings. The normalized spacial score (nSPS) is 10.6. The van der Waals surface area contributed by atoms with E-state index in [-0.39, 0.29) is 21.5 Å². The van der Waals surface area contributed by atoms with E-state index in [2.05, 4.69) is 10.6 Å². The van der Waals surface area contributed by atoms with Gasteiger partial charge in [-0.05, 0) is 24.3 Å². The zero-order valence-corrected chi connectivity index (χ0v) is 15.7. The van der Waals surface area contributed by atoms with Gasteiger partial charge in [-0.15, -0.1) is 11.3 Å². The molecule has 0 unspecified atom stereocenters. The summed E-state index contributed by atoms with van der Waals surface area (Å²) in [5.41, 5.74) is 1.04. The van der Waals surface area contributed by atoms with Gasteiger partial charge in [0.05, 0.1) is 9.95 Å². The predicted molar refractivity (Wildman–Crippen MR) is 107 cm³/mol. The van der Waals surface area contributed by atoms with Gasteiger partial charge >= 0.3 is 0 Å². The molecule has 2 N–H and O–H groups in total. The van der Waals surface area contributed by atoms with E-state index in [9.17, 15) is 19.7 Å². The largest absolute Gasteiger partial charge is 0.326 e. The number of non-ortho nitro benzene ring substituents is 1. The van der Waals surface area contributed by atoms with E-state index < -0.39 is 10.8 Å². The first-order valence-corrected chi connectivity index (χ1v) is 9.16. The number of carbonyl (C=O) groups excluding carboxylic acids is 2. The highest BCUT2D eigenvalue weighted by Gasteiger charge is 2.22. The molecule has 3 aromatic rings. The molecular formula is C18H14ClN3O4S. The van der Waals surface area contributed by atoms with E-state index in [1.165, 1.54) is 12.1 Å². The lowest BCUT2D eigenvalue weighted by Crippen LogP contribution is -2.11. The first kappa shape index (κ1) is 18.8. The number of nitro groups is 1. The van der Waals surface area contributed by atoms with Crippen LogP contribution in [0.5, 0.6) is 0 Å². The van der Waals surface area contributed by atoms with Gasteiger partial charge in [0.2, 0.25) is 5.91 Å². The lowest BCUT2D eigenvalue weighted by molar-refractivity contribution is -0.382. The number of thiophene rings is 1. The van der Waals surface area contributed by atoms with Crippen LogP contribution in [0.4, 0.5) is 17.1 Å². The molecule has 0 saturated carbocycles. The number of nitro benzene ring substituents is 1. The second kappa shape index (κ2) is 7.73. The van der Waals surface area contributed by atoms with Crippen LogP contribution >= 0.6 is 22.9 Å². The Bertz CT molecular complexity index is 1050. The Kier molecular flexibility index (Phi) is 5.38. The van der Waals surface area contributed by atoms with Crippen LogP contribution in [0.3, 0.4) is 0 Å². The maximum atomic E-state index is 12.6. The second-order valence-electron chi connectivity index (χ2n) is 5.59. The standard InChI is InChI=1S/C18H14ClN3O4S/c1-2-14(23)20-10-6-8-11(9-7-10)21-18(24)17-15(19)12-4-3-5-13(22(25)26)16(12)27-17/h3-9H,2H2,1H3,(H,20,23)(H,21,24). The van der Waals surface area contributed by atoms with Crippen LogP contribution in [0.25, 0.3) is 10.1 Å². The molecule has 2 aromatic carbocycles. The summed E-state index contributed by atoms with van der Waals surface area (Å²) in [5.74, 6) is -0.564. The first-order chi connectivity index (χ1) is 12.9. The van der Waals surface area contributed by atoms with Gasteiger partial charge in [-0.2, -0.15) is 0 Å². The van der Waals surface area contributed by atoms with Gasteiger partial charge in [0.15, 0.2) is 0 Å². The molecule has 27 heavy (non-hydrogen) atoms. The zero-order valence-electron chi connectivity index (χ0n) is 14.1. The number of anilines is 2. The first-order valence-electron chi connectivity index (χ1n) is 7.97. The summed E-state index contributed by atoms with van der Waals surface area (Å²) < 4.78 is 0.357. The van der Waals surface area contributed by atoms with Gasteiger partial charge in [0.25, 0.3) is 11.6 Å². The summed E-state index contributed by atoms with van der Waals surface area (Å²) in [7, 11) is 0. The molecule has 1 heterocycles. The van der Waals surface area contributed by atoms with Crippen molar-refractivity contribution in [2.45, 2.75) is 13.3 Å². The fourth-order valence-corrected chi connectivity index (χ4v) is 3.93. The highest BCUT2D eigenvalue weighted by molar-refractivity contribution is 7.22. The average molecular weight is 404 g/mol. The maximum absolute atomic E-state index is 12.6. The minimum atomic E-state index is -0.500. The zero-order chi connectivity index (χ0) is 19.6. The summed E-state index contributed by atoms with van der Waals surface area (Å²) in [6, 6.07) is 11.2. The lowest BCUT2D eigenvalue weighted by atomic mass is 10.2. The van der Waals surface area contributed by atoms with Crippen LogP contribution in [0.1, 0.15) is 23.0 Å². The van der Waals surface area contributed by atoms with Gasteiger partial charge in [-0.1, -0.05) is 30.7 Å². The van der Waals surface area contributed by atoms with Crippen molar-refractivity contribution in [3.8, 4) is 0 Å². The Hall–Kier alpha value is -2.97. The van der Waals surface area contributed by atoms with Crippen LogP contribution < -0.4 is 10.6 Å². The number of fused-ring (bicyclic) bond motifs is 1. The molecule has 0 aliphatic carbocycles. The molecule has 0 aliphatic rings. The molecular weight excluding hydrogens is 390 g/mol. The van der Waals surface area contributed by atoms with Crippen LogP contribution in [0.2, 0.25) is 5.02 Å². The summed E-state index contributed by atoms with van der Waals surface area (Å²) in [6.07, 6.45) is 0.370. The molecule has 3 rings (SSSR count). The molecule has 0 atom stereocenters. The predicted octanol–water partition coefficient (Wildman–Crippen LogP) is 5.06. The van der Waals surface area contributed by atoms with Crippen LogP contribution in [-0.4, -0.2) is 16.7 Å². The third-order valence-electron chi connectivity index (χ3n) is 3.78. The van der Waals surface area contributed by atoms with E-state index in [1.807, 2.05) is 0 Å². The highest BCUT2D eigenvalue weighted by atomic mass is 35.5. The number of rotatable bonds is 5. The number of amides is 2. The van der Waals surface area contributed by atoms with Gasteiger partial charge in [-0.3, -0.25) is 19.7 Å². The van der Waals surface area contributed by atoms with Crippen molar-refractivity contribution >= 4 is 61.9 Å². The quantitative estimate of drug-likeness (QED) is 0.459. The van der Waals surface area contributed by atoms with Crippen LogP contribution in [-0.2, 0) is 4.79 Å². The molecule has 0 aliphatic heterocycles. The van der Waals surface area contributed by atoms with Gasteiger partial charge < -0.3 is 10.6 Å². The number of hydrogen-bond donors (Lipinski definition) is 2. The van der Waals surface area contributed by atoms with Crippen molar-refractivity contribution in [2.75, 3.05) is 10.6 Å². The molecule has 2 amide bonds. The third kappa shape index (κ3) is 3.91. The molecule has 9 heteroatoms. The topological polar surface area (TPSA) is 101 Å². The number of hydrogen-bond acceptors (Lipinski definition) is 5. The van der Waals surface area contributed by atoms with E-state index in [4.69, 9.17) is 11.6 Å². The van der Waals surface area contributed by atoms with E-state index in [0.717, 1.165) is 11.3 Å². The van der Waals surface area contributed by atoms with Crippen molar-refractivity contribution in [1.29, 1.82) is 0 Å². The Labute approximate surface area is 163 Å². The molecule has 0 radical (unpaired) electrons. The Morgan fingerprint density at radius 3 is 2.33 bits per heavy atom. The average Bonchev–Trinajstić information content (AvgIpc) is 3.00. The smallest absolute Gasteiger partial charge is 0.287 e. The lowest BCUT2D eigenvalue weighted by Gasteiger charge is -2.07. The summed E-state index contributed by atoms with van der Waals surface area (Å²) in [5, 5.41) is 17.2. The van der Waals surface area contributed by atoms with E-state index in [0.29, 0.717) is 27.9 Å². The Morgan fingerprint density at radius 2 is 1.74 bits per heavy atom. The van der Waals surface area contributed by atoms with Crippen molar-refractivity contribution in [3.63, 3.8) is 0 Å². The Balaban J connectivity index is 1.84. The molecule has 138 valence electrons. The van der Waals surface area contributed by atoms with Crippen molar-refractivity contribution in [1.82, 2.24) is 0 Å². The number of benzene rings is 2. The molecule has 0 bridgehead atoms. The van der Waals surface area contributed by atoms with Crippen molar-refractivity contribution in [2.24, 2.45) is 0 Å². The maximum Gasteiger partial charge on any atom is 0.287 e. The highest BCUT2D eigenvalue weighted by Crippen LogP contribution is 2.40. The molecule has 0 spiro atoms. The molecule has 0 saturated heterocycles. The van der Waals surface area contributed by atoms with Crippen LogP contribution in [0, 0.1) is 10.1 Å². The number of nitrogens with zero attached hydrogens (tertiary/aromatic N) is 1. The van der Waals surface area contributed by atoms with Crippen molar-refractivity contribution in [3.05, 3.63) is 62.5 Å². The van der Waals surface area contributed by atoms with Crippen molar-refractivity contribution < 1.29 is 14.5 Å². The van der Waals surface area contributed by atoms with Gasteiger partial charge in [0.1, 0.15) is 9.58 Å². The fraction of sp³-hybridized carbons (Fsp3) is 0.111. The number of halogens is 1. The SMILES string of the molecule is CCC(=O)Nc1ccc(NC(=O)c2sc3c([N+](=O)[O-])cccc3c2Cl)cc1. The summed E-state index contributed by atoms with van der Waals surface area (Å²) >= 11 is 7.25. The minimum absolute atomic E-state index is 0.0885. The third-order valence-corrected chi connectivity index (χ3v) is 5.52. The number of nitrogens with one attached hydrogen (secondary N) is 2. The Morgan fingerprint density at radius 1 is 1.11 bits per heavy atom. The van der Waals surface area contributed by atoms with Crippen LogP contribution in [0.15, 0.2) is 42.5 Å². The summed E-state index contributed by atoms with van der Waals surface area (Å²) in [6.45, 7) is 1.75. The molecule has 1 aromatic heterocycles. The van der Waals surface area contributed by atoms with E-state index >= 15 is 0 Å². The monoisotopic (exact) mass is 403 g/mol. The second-order valence-corrected chi connectivity index (χ2v) is 6.99. The van der Waals surface area contributed by atoms with E-state index in [1.54, 1.807) is 37.3 Å². The molecule has 7 nitrogen and oxygen atoms in total. The summed E-state index contributed by atoms with van der Waals surface area (Å²) in [4.78, 5) is 34.8. The number of carbonyl (C=O) groups is 2. The fourth-order valence-electron chi connectivity index (χ4n) is 2.44. The van der Waals surface area contributed by atoms with Gasteiger partial charge in [-0.25, -0.2) is 0 Å². The minimum Gasteiger partial charge on any atom is -0.326 e. The van der Waals surface area contributed by atoms with Gasteiger partial charge in [0, 0.05) is 29.2 Å².